The number of carbonyl (C=O) groups excluding carboxylic acids is 1. The Bertz CT molecular complexity index is 978. The summed E-state index contributed by atoms with van der Waals surface area (Å²) >= 11 is 5.82. The van der Waals surface area contributed by atoms with E-state index in [0.29, 0.717) is 5.01 Å². The van der Waals surface area contributed by atoms with Crippen LogP contribution in [0.4, 0.5) is 18.9 Å². The van der Waals surface area contributed by atoms with E-state index in [2.05, 4.69) is 5.10 Å². The van der Waals surface area contributed by atoms with Gasteiger partial charge in [-0.3, -0.25) is 14.9 Å². The largest absolute Gasteiger partial charge is 0.431 e. The molecule has 7 nitrogen and oxygen atoms in total. The number of carbonyl (C=O) groups is 1. The van der Waals surface area contributed by atoms with Gasteiger partial charge >= 0.3 is 6.18 Å². The molecule has 3 rings (SSSR count). The molecular weight excluding hydrogens is 403 g/mol. The van der Waals surface area contributed by atoms with Gasteiger partial charge in [-0.25, -0.2) is 0 Å². The third-order valence-corrected chi connectivity index (χ3v) is 4.35. The molecule has 0 fully saturated rings. The van der Waals surface area contributed by atoms with E-state index in [0.717, 1.165) is 24.3 Å². The van der Waals surface area contributed by atoms with Crippen LogP contribution in [0, 0.1) is 10.1 Å². The Labute approximate surface area is 160 Å². The van der Waals surface area contributed by atoms with Crippen LogP contribution in [-0.4, -0.2) is 32.8 Å². The Morgan fingerprint density at radius 3 is 2.43 bits per heavy atom. The molecule has 1 aliphatic heterocycles. The van der Waals surface area contributed by atoms with Crippen molar-refractivity contribution in [3.8, 4) is 0 Å². The second kappa shape index (κ2) is 6.88. The van der Waals surface area contributed by atoms with Crippen molar-refractivity contribution >= 4 is 28.9 Å². The van der Waals surface area contributed by atoms with Gasteiger partial charge in [-0.1, -0.05) is 17.7 Å². The van der Waals surface area contributed by atoms with Gasteiger partial charge in [0.15, 0.2) is 5.72 Å². The standard InChI is InChI=1S/C17H11ClF3N3O4/c18-12-3-1-2-10(8-12)15(25)23-16(26,9-14(22-23)17(19,20)21)11-4-6-13(7-5-11)24(27)28/h1-8,26H,9H2/t16-/m1/s1. The fourth-order valence-electron chi connectivity index (χ4n) is 2.74. The second-order valence-corrected chi connectivity index (χ2v) is 6.41. The minimum atomic E-state index is -4.88. The predicted octanol–water partition coefficient (Wildman–Crippen LogP) is 3.86. The molecule has 0 radical (unpaired) electrons. The number of aliphatic hydroxyl groups is 1. The summed E-state index contributed by atoms with van der Waals surface area (Å²) in [5, 5.41) is 25.5. The van der Waals surface area contributed by atoms with Crippen LogP contribution in [0.1, 0.15) is 22.3 Å². The molecule has 1 amide bonds. The molecular formula is C17H11ClF3N3O4. The highest BCUT2D eigenvalue weighted by atomic mass is 35.5. The van der Waals surface area contributed by atoms with E-state index in [1.807, 2.05) is 0 Å². The second-order valence-electron chi connectivity index (χ2n) is 5.97. The molecule has 0 aromatic heterocycles. The topological polar surface area (TPSA) is 96.0 Å². The molecule has 0 saturated heterocycles. The number of non-ortho nitro benzene ring substituents is 1. The van der Waals surface area contributed by atoms with Gasteiger partial charge in [0, 0.05) is 28.3 Å². The van der Waals surface area contributed by atoms with E-state index in [-0.39, 0.29) is 21.8 Å². The number of nitro groups is 1. The van der Waals surface area contributed by atoms with E-state index >= 15 is 0 Å². The van der Waals surface area contributed by atoms with E-state index in [1.165, 1.54) is 24.3 Å². The Kier molecular flexibility index (Phi) is 4.86. The van der Waals surface area contributed by atoms with Crippen LogP contribution in [0.15, 0.2) is 53.6 Å². The molecule has 0 unspecified atom stereocenters. The molecule has 2 aromatic rings. The molecule has 28 heavy (non-hydrogen) atoms. The van der Waals surface area contributed by atoms with Crippen LogP contribution < -0.4 is 0 Å². The smallest absolute Gasteiger partial charge is 0.365 e. The summed E-state index contributed by atoms with van der Waals surface area (Å²) in [5.41, 5.74) is -4.39. The number of alkyl halides is 3. The van der Waals surface area contributed by atoms with Gasteiger partial charge in [0.05, 0.1) is 11.3 Å². The first-order valence-electron chi connectivity index (χ1n) is 7.74. The van der Waals surface area contributed by atoms with Gasteiger partial charge in [-0.15, -0.1) is 0 Å². The van der Waals surface area contributed by atoms with Crippen molar-refractivity contribution in [2.75, 3.05) is 0 Å². The Hall–Kier alpha value is -2.98. The van der Waals surface area contributed by atoms with Gasteiger partial charge in [-0.2, -0.15) is 23.3 Å². The van der Waals surface area contributed by atoms with Crippen LogP contribution in [0.3, 0.4) is 0 Å². The average Bonchev–Trinajstić information content (AvgIpc) is 3.00. The maximum atomic E-state index is 13.2. The van der Waals surface area contributed by atoms with Crippen molar-refractivity contribution in [2.24, 2.45) is 5.10 Å². The minimum Gasteiger partial charge on any atom is -0.365 e. The van der Waals surface area contributed by atoms with Gasteiger partial charge in [0.2, 0.25) is 0 Å². The number of halogens is 4. The molecule has 1 heterocycles. The molecule has 0 spiro atoms. The number of nitrogens with zero attached hydrogens (tertiary/aromatic N) is 3. The summed E-state index contributed by atoms with van der Waals surface area (Å²) in [5.74, 6) is -1.01. The lowest BCUT2D eigenvalue weighted by molar-refractivity contribution is -0.384. The molecule has 1 atom stereocenters. The molecule has 11 heteroatoms. The summed E-state index contributed by atoms with van der Waals surface area (Å²) in [6, 6.07) is 9.60. The Morgan fingerprint density at radius 2 is 1.89 bits per heavy atom. The van der Waals surface area contributed by atoms with Crippen LogP contribution >= 0.6 is 11.6 Å². The predicted molar refractivity (Wildman–Crippen MR) is 92.7 cm³/mol. The Morgan fingerprint density at radius 1 is 1.25 bits per heavy atom. The van der Waals surface area contributed by atoms with Crippen LogP contribution in [0.25, 0.3) is 0 Å². The summed E-state index contributed by atoms with van der Waals surface area (Å²) < 4.78 is 39.6. The molecule has 0 bridgehead atoms. The molecule has 1 N–H and O–H groups in total. The minimum absolute atomic E-state index is 0.0833. The molecule has 1 aliphatic rings. The first-order valence-corrected chi connectivity index (χ1v) is 8.12. The highest BCUT2D eigenvalue weighted by Crippen LogP contribution is 2.40. The summed E-state index contributed by atoms with van der Waals surface area (Å²) in [7, 11) is 0. The quantitative estimate of drug-likeness (QED) is 0.610. The number of amides is 1. The fraction of sp³-hybridized carbons (Fsp3) is 0.176. The number of nitro benzene ring substituents is 1. The number of hydrogen-bond acceptors (Lipinski definition) is 5. The number of benzene rings is 2. The summed E-state index contributed by atoms with van der Waals surface area (Å²) in [6.45, 7) is 0. The van der Waals surface area contributed by atoms with Gasteiger partial charge < -0.3 is 5.11 Å². The van der Waals surface area contributed by atoms with E-state index < -0.39 is 34.9 Å². The fourth-order valence-corrected chi connectivity index (χ4v) is 2.93. The van der Waals surface area contributed by atoms with Crippen molar-refractivity contribution in [2.45, 2.75) is 18.3 Å². The third kappa shape index (κ3) is 3.56. The van der Waals surface area contributed by atoms with Crippen molar-refractivity contribution in [1.29, 1.82) is 0 Å². The van der Waals surface area contributed by atoms with Crippen LogP contribution in [0.2, 0.25) is 5.02 Å². The maximum absolute atomic E-state index is 13.2. The van der Waals surface area contributed by atoms with Crippen molar-refractivity contribution in [1.82, 2.24) is 5.01 Å². The van der Waals surface area contributed by atoms with Gasteiger partial charge in [0.1, 0.15) is 5.71 Å². The van der Waals surface area contributed by atoms with Gasteiger partial charge in [-0.05, 0) is 30.3 Å². The zero-order valence-corrected chi connectivity index (χ0v) is 14.6. The SMILES string of the molecule is O=C(c1cccc(Cl)c1)N1N=C(C(F)(F)F)C[C@@]1(O)c1ccc([N+](=O)[O-])cc1. The Balaban J connectivity index is 2.07. The van der Waals surface area contributed by atoms with E-state index in [1.54, 1.807) is 0 Å². The normalized spacial score (nSPS) is 19.5. The summed E-state index contributed by atoms with van der Waals surface area (Å²) in [6.07, 6.45) is -5.90. The number of hydrazone groups is 1. The highest BCUT2D eigenvalue weighted by Gasteiger charge is 2.53. The van der Waals surface area contributed by atoms with Crippen LogP contribution in [0.5, 0.6) is 0 Å². The summed E-state index contributed by atoms with van der Waals surface area (Å²) in [4.78, 5) is 22.8. The third-order valence-electron chi connectivity index (χ3n) is 4.12. The monoisotopic (exact) mass is 413 g/mol. The van der Waals surface area contributed by atoms with Crippen molar-refractivity contribution < 1.29 is 28.0 Å². The lowest BCUT2D eigenvalue weighted by Gasteiger charge is -2.31. The number of rotatable bonds is 3. The molecule has 146 valence electrons. The molecule has 0 aliphatic carbocycles. The maximum Gasteiger partial charge on any atom is 0.431 e. The van der Waals surface area contributed by atoms with Crippen LogP contribution in [-0.2, 0) is 5.72 Å². The van der Waals surface area contributed by atoms with E-state index in [4.69, 9.17) is 11.6 Å². The molecule has 2 aromatic carbocycles. The van der Waals surface area contributed by atoms with Crippen molar-refractivity contribution in [3.63, 3.8) is 0 Å². The van der Waals surface area contributed by atoms with Gasteiger partial charge in [0.25, 0.3) is 11.6 Å². The first-order chi connectivity index (χ1) is 13.0. The zero-order valence-electron chi connectivity index (χ0n) is 13.9. The zero-order chi connectivity index (χ0) is 20.7. The van der Waals surface area contributed by atoms with Crippen molar-refractivity contribution in [3.05, 3.63) is 74.8 Å². The molecule has 0 saturated carbocycles. The lowest BCUT2D eigenvalue weighted by atomic mass is 9.96. The first kappa shape index (κ1) is 19.8. The highest BCUT2D eigenvalue weighted by molar-refractivity contribution is 6.31. The lowest BCUT2D eigenvalue weighted by Crippen LogP contribution is -2.43. The van der Waals surface area contributed by atoms with E-state index in [9.17, 15) is 33.2 Å². The number of hydrogen-bond donors (Lipinski definition) is 1. The average molecular weight is 414 g/mol.